The van der Waals surface area contributed by atoms with E-state index in [1.807, 2.05) is 6.07 Å². The Hall–Kier alpha value is -0.290. The highest BCUT2D eigenvalue weighted by Crippen LogP contribution is 2.31. The number of hydrogen-bond acceptors (Lipinski definition) is 3. The van der Waals surface area contributed by atoms with Crippen molar-refractivity contribution < 1.29 is 10.2 Å². The normalized spacial score (nSPS) is 24.2. The zero-order chi connectivity index (χ0) is 13.1. The fourth-order valence-corrected chi connectivity index (χ4v) is 3.23. The van der Waals surface area contributed by atoms with Crippen LogP contribution in [0.25, 0.3) is 0 Å². The predicted octanol–water partition coefficient (Wildman–Crippen LogP) is 3.20. The lowest BCUT2D eigenvalue weighted by molar-refractivity contribution is 0.111. The van der Waals surface area contributed by atoms with Gasteiger partial charge in [0.25, 0.3) is 0 Å². The molecular formula is C13H17BrClNO2. The third kappa shape index (κ3) is 3.60. The molecule has 0 bridgehead atoms. The first-order chi connectivity index (χ1) is 8.56. The van der Waals surface area contributed by atoms with Crippen LogP contribution in [0.5, 0.6) is 5.75 Å². The van der Waals surface area contributed by atoms with E-state index in [0.717, 1.165) is 35.7 Å². The molecule has 1 aliphatic carbocycles. The first-order valence-electron chi connectivity index (χ1n) is 6.14. The molecule has 2 rings (SSSR count). The van der Waals surface area contributed by atoms with Gasteiger partial charge in [-0.3, -0.25) is 0 Å². The van der Waals surface area contributed by atoms with Gasteiger partial charge in [0.2, 0.25) is 0 Å². The average molecular weight is 335 g/mol. The van der Waals surface area contributed by atoms with Crippen LogP contribution < -0.4 is 5.32 Å². The number of phenolic OH excluding ortho intramolecular Hbond substituents is 1. The molecule has 3 nitrogen and oxygen atoms in total. The van der Waals surface area contributed by atoms with Gasteiger partial charge < -0.3 is 15.5 Å². The summed E-state index contributed by atoms with van der Waals surface area (Å²) < 4.78 is 0.853. The third-order valence-corrected chi connectivity index (χ3v) is 4.08. The molecule has 0 heterocycles. The Labute approximate surface area is 120 Å². The van der Waals surface area contributed by atoms with Crippen molar-refractivity contribution >= 4 is 27.5 Å². The van der Waals surface area contributed by atoms with E-state index in [-0.39, 0.29) is 11.9 Å². The van der Waals surface area contributed by atoms with E-state index in [0.29, 0.717) is 17.6 Å². The molecule has 0 spiro atoms. The summed E-state index contributed by atoms with van der Waals surface area (Å²) >= 11 is 9.28. The van der Waals surface area contributed by atoms with Crippen LogP contribution in [0.2, 0.25) is 5.02 Å². The molecule has 0 radical (unpaired) electrons. The van der Waals surface area contributed by atoms with Crippen molar-refractivity contribution in [3.63, 3.8) is 0 Å². The Morgan fingerprint density at radius 3 is 2.89 bits per heavy atom. The molecule has 1 fully saturated rings. The quantitative estimate of drug-likeness (QED) is 0.795. The van der Waals surface area contributed by atoms with Gasteiger partial charge in [-0.1, -0.05) is 27.5 Å². The standard InChI is InChI=1S/C13H17BrClNO2/c14-9-4-8(13(18)12(15)5-9)7-16-10-2-1-3-11(17)6-10/h4-5,10-11,16-18H,1-3,6-7H2/t10-,11+/m0/s1. The number of benzene rings is 1. The number of aliphatic hydroxyl groups excluding tert-OH is 1. The molecule has 0 amide bonds. The van der Waals surface area contributed by atoms with Crippen LogP contribution in [0.3, 0.4) is 0 Å². The van der Waals surface area contributed by atoms with Gasteiger partial charge in [0.15, 0.2) is 0 Å². The molecule has 1 aromatic rings. The van der Waals surface area contributed by atoms with Gasteiger partial charge in [0.05, 0.1) is 11.1 Å². The van der Waals surface area contributed by atoms with Crippen LogP contribution in [0.1, 0.15) is 31.2 Å². The number of aromatic hydroxyl groups is 1. The minimum absolute atomic E-state index is 0.128. The summed E-state index contributed by atoms with van der Waals surface area (Å²) in [6.45, 7) is 0.558. The lowest BCUT2D eigenvalue weighted by Gasteiger charge is -2.27. The summed E-state index contributed by atoms with van der Waals surface area (Å²) in [6, 6.07) is 3.84. The summed E-state index contributed by atoms with van der Waals surface area (Å²) in [5.74, 6) is 0.128. The lowest BCUT2D eigenvalue weighted by Crippen LogP contribution is -2.35. The summed E-state index contributed by atoms with van der Waals surface area (Å²) in [4.78, 5) is 0. The SMILES string of the molecule is Oc1c(Cl)cc(Br)cc1CN[C@H]1CCC[C@@H](O)C1. The topological polar surface area (TPSA) is 52.5 Å². The molecule has 1 saturated carbocycles. The van der Waals surface area contributed by atoms with E-state index in [1.54, 1.807) is 6.07 Å². The van der Waals surface area contributed by atoms with Crippen molar-refractivity contribution in [3.05, 3.63) is 27.2 Å². The maximum absolute atomic E-state index is 9.86. The maximum atomic E-state index is 9.86. The molecule has 1 aliphatic rings. The second-order valence-corrected chi connectivity index (χ2v) is 6.12. The zero-order valence-corrected chi connectivity index (χ0v) is 12.3. The van der Waals surface area contributed by atoms with E-state index in [2.05, 4.69) is 21.2 Å². The van der Waals surface area contributed by atoms with E-state index in [4.69, 9.17) is 11.6 Å². The van der Waals surface area contributed by atoms with Crippen LogP contribution in [0.4, 0.5) is 0 Å². The average Bonchev–Trinajstić information content (AvgIpc) is 2.32. The second-order valence-electron chi connectivity index (χ2n) is 4.79. The largest absolute Gasteiger partial charge is 0.506 e. The van der Waals surface area contributed by atoms with Crippen molar-refractivity contribution in [2.45, 2.75) is 44.4 Å². The summed E-state index contributed by atoms with van der Waals surface area (Å²) in [7, 11) is 0. The second kappa shape index (κ2) is 6.24. The smallest absolute Gasteiger partial charge is 0.138 e. The Balaban J connectivity index is 1.97. The van der Waals surface area contributed by atoms with Crippen molar-refractivity contribution in [3.8, 4) is 5.75 Å². The Morgan fingerprint density at radius 2 is 2.17 bits per heavy atom. The Morgan fingerprint density at radius 1 is 1.39 bits per heavy atom. The van der Waals surface area contributed by atoms with E-state index in [9.17, 15) is 10.2 Å². The fraction of sp³-hybridized carbons (Fsp3) is 0.538. The number of halogens is 2. The van der Waals surface area contributed by atoms with Crippen LogP contribution >= 0.6 is 27.5 Å². The minimum Gasteiger partial charge on any atom is -0.506 e. The van der Waals surface area contributed by atoms with Crippen LogP contribution in [0.15, 0.2) is 16.6 Å². The van der Waals surface area contributed by atoms with Crippen molar-refractivity contribution in [1.82, 2.24) is 5.32 Å². The van der Waals surface area contributed by atoms with Crippen molar-refractivity contribution in [2.75, 3.05) is 0 Å². The summed E-state index contributed by atoms with van der Waals surface area (Å²) in [6.07, 6.45) is 3.59. The highest BCUT2D eigenvalue weighted by Gasteiger charge is 2.20. The molecule has 0 unspecified atom stereocenters. The predicted molar refractivity (Wildman–Crippen MR) is 75.9 cm³/mol. The fourth-order valence-electron chi connectivity index (χ4n) is 2.36. The van der Waals surface area contributed by atoms with Crippen LogP contribution in [-0.2, 0) is 6.54 Å². The molecule has 5 heteroatoms. The van der Waals surface area contributed by atoms with Gasteiger partial charge in [-0.2, -0.15) is 0 Å². The molecule has 18 heavy (non-hydrogen) atoms. The van der Waals surface area contributed by atoms with Gasteiger partial charge in [-0.05, 0) is 37.8 Å². The molecule has 0 aliphatic heterocycles. The molecule has 1 aromatic carbocycles. The van der Waals surface area contributed by atoms with E-state index in [1.165, 1.54) is 0 Å². The molecule has 0 saturated heterocycles. The van der Waals surface area contributed by atoms with Gasteiger partial charge in [0, 0.05) is 22.6 Å². The van der Waals surface area contributed by atoms with Crippen LogP contribution in [-0.4, -0.2) is 22.4 Å². The Bertz CT molecular complexity index is 428. The lowest BCUT2D eigenvalue weighted by atomic mass is 9.93. The van der Waals surface area contributed by atoms with E-state index < -0.39 is 0 Å². The zero-order valence-electron chi connectivity index (χ0n) is 10.00. The number of hydrogen-bond donors (Lipinski definition) is 3. The van der Waals surface area contributed by atoms with Crippen molar-refractivity contribution in [1.29, 1.82) is 0 Å². The van der Waals surface area contributed by atoms with Gasteiger partial charge in [-0.15, -0.1) is 0 Å². The van der Waals surface area contributed by atoms with Gasteiger partial charge >= 0.3 is 0 Å². The first kappa shape index (κ1) is 14.1. The highest BCUT2D eigenvalue weighted by molar-refractivity contribution is 9.10. The van der Waals surface area contributed by atoms with Gasteiger partial charge in [-0.25, -0.2) is 0 Å². The Kier molecular flexibility index (Phi) is 4.90. The first-order valence-corrected chi connectivity index (χ1v) is 7.31. The third-order valence-electron chi connectivity index (χ3n) is 3.33. The highest BCUT2D eigenvalue weighted by atomic mass is 79.9. The molecule has 0 aromatic heterocycles. The maximum Gasteiger partial charge on any atom is 0.138 e. The number of rotatable bonds is 3. The summed E-state index contributed by atoms with van der Waals surface area (Å²) in [5, 5.41) is 23.2. The summed E-state index contributed by atoms with van der Waals surface area (Å²) in [5.41, 5.74) is 0.773. The minimum atomic E-state index is -0.198. The van der Waals surface area contributed by atoms with Crippen LogP contribution in [0, 0.1) is 0 Å². The molecule has 2 atom stereocenters. The number of phenols is 1. The van der Waals surface area contributed by atoms with E-state index >= 15 is 0 Å². The van der Waals surface area contributed by atoms with Gasteiger partial charge in [0.1, 0.15) is 5.75 Å². The molecule has 3 N–H and O–H groups in total. The number of nitrogens with one attached hydrogen (secondary N) is 1. The molecular weight excluding hydrogens is 318 g/mol. The van der Waals surface area contributed by atoms with Crippen molar-refractivity contribution in [2.24, 2.45) is 0 Å². The number of aliphatic hydroxyl groups is 1. The monoisotopic (exact) mass is 333 g/mol. The molecule has 100 valence electrons.